The van der Waals surface area contributed by atoms with Crippen LogP contribution in [0.1, 0.15) is 0 Å². The van der Waals surface area contributed by atoms with Crippen molar-refractivity contribution in [2.24, 2.45) is 0 Å². The number of rotatable bonds is 1. The maximum atomic E-state index is 12.6. The Kier molecular flexibility index (Phi) is 2.21. The van der Waals surface area contributed by atoms with Gasteiger partial charge in [-0.1, -0.05) is 0 Å². The minimum Gasteiger partial charge on any atom is -0.393 e. The van der Waals surface area contributed by atoms with Gasteiger partial charge < -0.3 is 10.3 Å². The topological polar surface area (TPSA) is 60.9 Å². The molecular formula is C10H8FN3O. The van der Waals surface area contributed by atoms with Crippen LogP contribution in [0.4, 0.5) is 10.1 Å². The van der Waals surface area contributed by atoms with E-state index in [0.29, 0.717) is 5.69 Å². The Balaban J connectivity index is 2.50. The number of benzene rings is 1. The van der Waals surface area contributed by atoms with Gasteiger partial charge in [0.25, 0.3) is 5.56 Å². The van der Waals surface area contributed by atoms with E-state index in [4.69, 9.17) is 5.73 Å². The molecule has 0 aliphatic rings. The van der Waals surface area contributed by atoms with Gasteiger partial charge in [-0.3, -0.25) is 4.79 Å². The summed E-state index contributed by atoms with van der Waals surface area (Å²) in [5, 5.41) is 0. The summed E-state index contributed by atoms with van der Waals surface area (Å²) in [5.41, 5.74) is 5.70. The Hall–Kier alpha value is -2.17. The number of halogens is 1. The van der Waals surface area contributed by atoms with Crippen molar-refractivity contribution < 1.29 is 4.39 Å². The summed E-state index contributed by atoms with van der Waals surface area (Å²) in [5.74, 6) is -0.319. The predicted molar refractivity (Wildman–Crippen MR) is 54.2 cm³/mol. The van der Waals surface area contributed by atoms with Crippen LogP contribution in [0.5, 0.6) is 0 Å². The number of nitrogen functional groups attached to an aromatic ring is 1. The van der Waals surface area contributed by atoms with E-state index in [0.717, 1.165) is 0 Å². The van der Waals surface area contributed by atoms with Crippen molar-refractivity contribution in [3.8, 4) is 5.69 Å². The summed E-state index contributed by atoms with van der Waals surface area (Å²) >= 11 is 0. The van der Waals surface area contributed by atoms with E-state index < -0.39 is 5.56 Å². The van der Waals surface area contributed by atoms with Crippen LogP contribution in [0.15, 0.2) is 41.6 Å². The minimum absolute atomic E-state index is 0.0572. The summed E-state index contributed by atoms with van der Waals surface area (Å²) in [7, 11) is 0. The lowest BCUT2D eigenvalue weighted by Crippen LogP contribution is -2.14. The fourth-order valence-corrected chi connectivity index (χ4v) is 1.18. The molecular weight excluding hydrogens is 197 g/mol. The molecule has 2 aromatic rings. The third kappa shape index (κ3) is 1.85. The van der Waals surface area contributed by atoms with Gasteiger partial charge in [-0.25, -0.2) is 4.39 Å². The van der Waals surface area contributed by atoms with Crippen LogP contribution in [0, 0.1) is 5.82 Å². The lowest BCUT2D eigenvalue weighted by Gasteiger charge is -2.05. The number of hydrogen-bond donors (Lipinski definition) is 1. The predicted octanol–water partition coefficient (Wildman–Crippen LogP) is 0.954. The van der Waals surface area contributed by atoms with E-state index in [1.807, 2.05) is 0 Å². The molecule has 2 N–H and O–H groups in total. The molecule has 1 aromatic carbocycles. The van der Waals surface area contributed by atoms with Gasteiger partial charge in [0.15, 0.2) is 0 Å². The lowest BCUT2D eigenvalue weighted by atomic mass is 10.3. The van der Waals surface area contributed by atoms with E-state index in [-0.39, 0.29) is 11.5 Å². The van der Waals surface area contributed by atoms with Gasteiger partial charge in [0, 0.05) is 11.9 Å². The molecule has 2 rings (SSSR count). The first-order chi connectivity index (χ1) is 7.16. The molecule has 0 aliphatic heterocycles. The summed E-state index contributed by atoms with van der Waals surface area (Å²) in [6.07, 6.45) is 2.79. The largest absolute Gasteiger partial charge is 0.393 e. The monoisotopic (exact) mass is 205 g/mol. The van der Waals surface area contributed by atoms with Crippen molar-refractivity contribution >= 4 is 5.69 Å². The molecule has 0 amide bonds. The zero-order chi connectivity index (χ0) is 10.8. The smallest absolute Gasteiger partial charge is 0.295 e. The molecule has 15 heavy (non-hydrogen) atoms. The van der Waals surface area contributed by atoms with E-state index in [9.17, 15) is 9.18 Å². The summed E-state index contributed by atoms with van der Waals surface area (Å²) < 4.78 is 14.2. The highest BCUT2D eigenvalue weighted by Gasteiger charge is 1.99. The molecule has 0 radical (unpaired) electrons. The van der Waals surface area contributed by atoms with Gasteiger partial charge in [-0.15, -0.1) is 0 Å². The lowest BCUT2D eigenvalue weighted by molar-refractivity contribution is 0.627. The molecule has 0 saturated heterocycles. The van der Waals surface area contributed by atoms with Gasteiger partial charge >= 0.3 is 0 Å². The summed E-state index contributed by atoms with van der Waals surface area (Å²) in [6, 6.07) is 5.79. The second kappa shape index (κ2) is 3.53. The number of nitrogens with zero attached hydrogens (tertiary/aromatic N) is 2. The summed E-state index contributed by atoms with van der Waals surface area (Å²) in [6.45, 7) is 0. The van der Waals surface area contributed by atoms with Gasteiger partial charge in [0.1, 0.15) is 17.8 Å². The van der Waals surface area contributed by atoms with Crippen LogP contribution >= 0.6 is 0 Å². The first kappa shape index (κ1) is 9.39. The molecule has 0 aliphatic carbocycles. The number of anilines is 1. The normalized spacial score (nSPS) is 10.2. The highest BCUT2D eigenvalue weighted by Crippen LogP contribution is 2.08. The second-order valence-corrected chi connectivity index (χ2v) is 3.02. The molecule has 1 aromatic heterocycles. The third-order valence-electron chi connectivity index (χ3n) is 1.95. The van der Waals surface area contributed by atoms with Crippen molar-refractivity contribution in [2.45, 2.75) is 0 Å². The maximum absolute atomic E-state index is 12.6. The van der Waals surface area contributed by atoms with Crippen LogP contribution < -0.4 is 11.3 Å². The van der Waals surface area contributed by atoms with Gasteiger partial charge in [-0.05, 0) is 24.3 Å². The molecule has 0 saturated carbocycles. The molecule has 0 bridgehead atoms. The van der Waals surface area contributed by atoms with E-state index in [1.54, 1.807) is 16.7 Å². The Labute approximate surface area is 84.8 Å². The number of nitrogens with two attached hydrogens (primary N) is 1. The van der Waals surface area contributed by atoms with Crippen molar-refractivity contribution in [1.82, 2.24) is 9.55 Å². The molecule has 0 spiro atoms. The average Bonchev–Trinajstić information content (AvgIpc) is 2.23. The van der Waals surface area contributed by atoms with E-state index in [1.165, 1.54) is 24.7 Å². The highest BCUT2D eigenvalue weighted by atomic mass is 19.1. The van der Waals surface area contributed by atoms with Crippen molar-refractivity contribution in [3.05, 3.63) is 53.0 Å². The van der Waals surface area contributed by atoms with Crippen LogP contribution in [-0.2, 0) is 0 Å². The Morgan fingerprint density at radius 2 is 1.93 bits per heavy atom. The third-order valence-corrected chi connectivity index (χ3v) is 1.95. The van der Waals surface area contributed by atoms with Gasteiger partial charge in [0.2, 0.25) is 0 Å². The molecule has 1 heterocycles. The van der Waals surface area contributed by atoms with Crippen LogP contribution in [0.2, 0.25) is 0 Å². The van der Waals surface area contributed by atoms with Crippen molar-refractivity contribution in [3.63, 3.8) is 0 Å². The molecule has 0 fully saturated rings. The van der Waals surface area contributed by atoms with E-state index >= 15 is 0 Å². The molecule has 0 atom stereocenters. The Bertz CT molecular complexity index is 533. The molecule has 0 unspecified atom stereocenters. The highest BCUT2D eigenvalue weighted by molar-refractivity contribution is 5.37. The average molecular weight is 205 g/mol. The van der Waals surface area contributed by atoms with Gasteiger partial charge in [0.05, 0.1) is 0 Å². The molecule has 5 heteroatoms. The van der Waals surface area contributed by atoms with Crippen molar-refractivity contribution in [1.29, 1.82) is 0 Å². The van der Waals surface area contributed by atoms with Crippen LogP contribution in [-0.4, -0.2) is 9.55 Å². The minimum atomic E-state index is -0.464. The van der Waals surface area contributed by atoms with Crippen LogP contribution in [0.3, 0.4) is 0 Å². The number of aromatic nitrogens is 2. The first-order valence-corrected chi connectivity index (χ1v) is 4.26. The fourth-order valence-electron chi connectivity index (χ4n) is 1.18. The Morgan fingerprint density at radius 3 is 2.53 bits per heavy atom. The zero-order valence-electron chi connectivity index (χ0n) is 7.72. The Morgan fingerprint density at radius 1 is 1.27 bits per heavy atom. The zero-order valence-corrected chi connectivity index (χ0v) is 7.72. The fraction of sp³-hybridized carbons (Fsp3) is 0. The second-order valence-electron chi connectivity index (χ2n) is 3.02. The van der Waals surface area contributed by atoms with Crippen LogP contribution in [0.25, 0.3) is 5.69 Å². The van der Waals surface area contributed by atoms with Crippen molar-refractivity contribution in [2.75, 3.05) is 5.73 Å². The van der Waals surface area contributed by atoms with E-state index in [2.05, 4.69) is 4.98 Å². The number of hydrogen-bond acceptors (Lipinski definition) is 3. The SMILES string of the molecule is Nc1cn(-c2ccc(F)cc2)cnc1=O. The first-order valence-electron chi connectivity index (χ1n) is 4.26. The maximum Gasteiger partial charge on any atom is 0.295 e. The quantitative estimate of drug-likeness (QED) is 0.754. The molecule has 76 valence electrons. The standard InChI is InChI=1S/C10H8FN3O/c11-7-1-3-8(4-2-7)14-5-9(12)10(15)13-6-14/h1-6H,12H2. The molecule has 4 nitrogen and oxygen atoms in total. The van der Waals surface area contributed by atoms with Gasteiger partial charge in [-0.2, -0.15) is 4.98 Å². The summed E-state index contributed by atoms with van der Waals surface area (Å²) in [4.78, 5) is 14.5.